The predicted molar refractivity (Wildman–Crippen MR) is 91.0 cm³/mol. The number of carbonyl (C=O) groups excluding carboxylic acids is 1. The maximum atomic E-state index is 12.7. The molecule has 0 radical (unpaired) electrons. The Balaban J connectivity index is 1.84. The summed E-state index contributed by atoms with van der Waals surface area (Å²) in [4.78, 5) is 42.3. The van der Waals surface area contributed by atoms with Gasteiger partial charge >= 0.3 is 5.69 Å². The smallest absolute Gasteiger partial charge is 0.325 e. The van der Waals surface area contributed by atoms with Crippen LogP contribution in [0.2, 0.25) is 0 Å². The summed E-state index contributed by atoms with van der Waals surface area (Å²) in [7, 11) is 1.78. The zero-order chi connectivity index (χ0) is 17.3. The summed E-state index contributed by atoms with van der Waals surface area (Å²) < 4.78 is 0. The Morgan fingerprint density at radius 1 is 1.25 bits per heavy atom. The van der Waals surface area contributed by atoms with Crippen LogP contribution >= 0.6 is 0 Å². The van der Waals surface area contributed by atoms with Gasteiger partial charge in [-0.3, -0.25) is 14.6 Å². The molecular weight excluding hydrogens is 306 g/mol. The molecule has 1 atom stereocenters. The minimum absolute atomic E-state index is 0.0207. The lowest BCUT2D eigenvalue weighted by molar-refractivity contribution is -0.131. The number of amides is 1. The number of carbonyl (C=O) groups is 1. The van der Waals surface area contributed by atoms with Crippen molar-refractivity contribution < 1.29 is 4.79 Å². The van der Waals surface area contributed by atoms with Gasteiger partial charge in [0, 0.05) is 18.3 Å². The van der Waals surface area contributed by atoms with Gasteiger partial charge in [0.15, 0.2) is 0 Å². The molecule has 1 unspecified atom stereocenters. The molecular formula is C18H21N3O3. The molecule has 126 valence electrons. The predicted octanol–water partition coefficient (Wildman–Crippen LogP) is 1.45. The Kier molecular flexibility index (Phi) is 4.38. The summed E-state index contributed by atoms with van der Waals surface area (Å²) in [6.07, 6.45) is 2.97. The molecule has 1 aliphatic rings. The monoisotopic (exact) mass is 327 g/mol. The van der Waals surface area contributed by atoms with E-state index in [0.717, 1.165) is 19.3 Å². The number of nitrogens with one attached hydrogen (secondary N) is 2. The molecule has 0 spiro atoms. The average Bonchev–Trinajstić information content (AvgIpc) is 2.56. The zero-order valence-corrected chi connectivity index (χ0v) is 13.9. The first-order valence-electron chi connectivity index (χ1n) is 8.13. The van der Waals surface area contributed by atoms with Crippen LogP contribution in [0.15, 0.2) is 33.9 Å². The minimum atomic E-state index is -0.553. The van der Waals surface area contributed by atoms with Crippen molar-refractivity contribution in [2.24, 2.45) is 0 Å². The average molecular weight is 327 g/mol. The van der Waals surface area contributed by atoms with Crippen molar-refractivity contribution in [3.05, 3.63) is 67.5 Å². The topological polar surface area (TPSA) is 86.0 Å². The summed E-state index contributed by atoms with van der Waals surface area (Å²) in [5.41, 5.74) is 2.17. The van der Waals surface area contributed by atoms with E-state index in [1.165, 1.54) is 11.1 Å². The fourth-order valence-corrected chi connectivity index (χ4v) is 3.42. The van der Waals surface area contributed by atoms with Crippen LogP contribution in [0.1, 0.15) is 41.3 Å². The molecule has 2 N–H and O–H groups in total. The number of rotatable bonds is 3. The van der Waals surface area contributed by atoms with Gasteiger partial charge in [-0.05, 0) is 37.3 Å². The number of H-pyrrole nitrogens is 2. The molecule has 24 heavy (non-hydrogen) atoms. The molecule has 0 fully saturated rings. The van der Waals surface area contributed by atoms with Crippen molar-refractivity contribution in [1.82, 2.24) is 14.9 Å². The number of fused-ring (bicyclic) bond motifs is 1. The number of aryl methyl sites for hydroxylation is 2. The fraction of sp³-hybridized carbons (Fsp3) is 0.389. The number of nitrogens with zero attached hydrogens (tertiary/aromatic N) is 1. The van der Waals surface area contributed by atoms with Crippen LogP contribution in [-0.2, 0) is 17.6 Å². The second-order valence-corrected chi connectivity index (χ2v) is 6.30. The molecule has 6 heteroatoms. The van der Waals surface area contributed by atoms with Crippen LogP contribution < -0.4 is 11.2 Å². The normalized spacial score (nSPS) is 16.5. The highest BCUT2D eigenvalue weighted by atomic mass is 16.2. The Hall–Kier alpha value is -2.63. The third kappa shape index (κ3) is 3.04. The molecule has 1 amide bonds. The first kappa shape index (κ1) is 16.2. The molecule has 1 heterocycles. The van der Waals surface area contributed by atoms with Crippen molar-refractivity contribution in [3.63, 3.8) is 0 Å². The highest BCUT2D eigenvalue weighted by Gasteiger charge is 2.27. The van der Waals surface area contributed by atoms with Gasteiger partial charge in [0.2, 0.25) is 5.91 Å². The molecule has 1 aromatic carbocycles. The molecule has 1 aromatic heterocycles. The highest BCUT2D eigenvalue weighted by Crippen LogP contribution is 2.33. The van der Waals surface area contributed by atoms with Crippen LogP contribution in [0.4, 0.5) is 0 Å². The minimum Gasteiger partial charge on any atom is -0.338 e. The molecule has 0 bridgehead atoms. The fourth-order valence-electron chi connectivity index (χ4n) is 3.42. The summed E-state index contributed by atoms with van der Waals surface area (Å²) in [5.74, 6) is -0.127. The first-order chi connectivity index (χ1) is 11.5. The largest absolute Gasteiger partial charge is 0.338 e. The molecule has 0 aliphatic heterocycles. The molecule has 6 nitrogen and oxygen atoms in total. The number of hydrogen-bond donors (Lipinski definition) is 2. The van der Waals surface area contributed by atoms with Crippen LogP contribution in [-0.4, -0.2) is 27.8 Å². The Morgan fingerprint density at radius 2 is 2.00 bits per heavy atom. The van der Waals surface area contributed by atoms with Crippen molar-refractivity contribution in [3.8, 4) is 0 Å². The maximum absolute atomic E-state index is 12.7. The van der Waals surface area contributed by atoms with Crippen molar-refractivity contribution in [2.75, 3.05) is 7.05 Å². The van der Waals surface area contributed by atoms with Crippen LogP contribution in [0.5, 0.6) is 0 Å². The van der Waals surface area contributed by atoms with Crippen LogP contribution in [0, 0.1) is 6.92 Å². The number of likely N-dealkylation sites (N-methyl/N-ethyl adjacent to an activating group) is 1. The zero-order valence-electron chi connectivity index (χ0n) is 13.9. The van der Waals surface area contributed by atoms with Crippen LogP contribution in [0.3, 0.4) is 0 Å². The summed E-state index contributed by atoms with van der Waals surface area (Å²) in [6.45, 7) is 1.63. The second-order valence-electron chi connectivity index (χ2n) is 6.30. The van der Waals surface area contributed by atoms with Gasteiger partial charge in [-0.15, -0.1) is 0 Å². The third-order valence-corrected chi connectivity index (χ3v) is 4.78. The second kappa shape index (κ2) is 6.47. The molecule has 3 rings (SSSR count). The Bertz CT molecular complexity index is 882. The van der Waals surface area contributed by atoms with E-state index in [4.69, 9.17) is 0 Å². The van der Waals surface area contributed by atoms with Crippen molar-refractivity contribution in [2.45, 2.75) is 38.6 Å². The lowest BCUT2D eigenvalue weighted by Gasteiger charge is -2.33. The van der Waals surface area contributed by atoms with E-state index in [2.05, 4.69) is 22.1 Å². The Labute approximate surface area is 139 Å². The van der Waals surface area contributed by atoms with Gasteiger partial charge in [-0.2, -0.15) is 0 Å². The number of aromatic nitrogens is 2. The number of benzene rings is 1. The first-order valence-corrected chi connectivity index (χ1v) is 8.13. The van der Waals surface area contributed by atoms with E-state index >= 15 is 0 Å². The maximum Gasteiger partial charge on any atom is 0.325 e. The highest BCUT2D eigenvalue weighted by molar-refractivity contribution is 5.79. The van der Waals surface area contributed by atoms with Gasteiger partial charge in [-0.25, -0.2) is 4.79 Å². The summed E-state index contributed by atoms with van der Waals surface area (Å²) in [5, 5.41) is 0. The third-order valence-electron chi connectivity index (χ3n) is 4.78. The number of aromatic amines is 2. The summed E-state index contributed by atoms with van der Waals surface area (Å²) in [6, 6.07) is 8.22. The summed E-state index contributed by atoms with van der Waals surface area (Å²) >= 11 is 0. The molecule has 2 aromatic rings. The SMILES string of the molecule is Cc1[nH]c(=O)[nH]c(=O)c1CC(=O)N(C)C1CCCc2ccccc21. The van der Waals surface area contributed by atoms with Crippen molar-refractivity contribution >= 4 is 5.91 Å². The van der Waals surface area contributed by atoms with Gasteiger partial charge in [-0.1, -0.05) is 24.3 Å². The quantitative estimate of drug-likeness (QED) is 0.894. The van der Waals surface area contributed by atoms with Crippen LogP contribution in [0.25, 0.3) is 0 Å². The van der Waals surface area contributed by atoms with E-state index in [1.54, 1.807) is 18.9 Å². The Morgan fingerprint density at radius 3 is 2.75 bits per heavy atom. The number of hydrogen-bond acceptors (Lipinski definition) is 3. The van der Waals surface area contributed by atoms with Crippen molar-refractivity contribution in [1.29, 1.82) is 0 Å². The van der Waals surface area contributed by atoms with E-state index in [9.17, 15) is 14.4 Å². The van der Waals surface area contributed by atoms with Gasteiger partial charge < -0.3 is 9.88 Å². The molecule has 0 saturated heterocycles. The van der Waals surface area contributed by atoms with E-state index < -0.39 is 11.2 Å². The molecule has 0 saturated carbocycles. The van der Waals surface area contributed by atoms with E-state index in [1.807, 2.05) is 12.1 Å². The lowest BCUT2D eigenvalue weighted by Crippen LogP contribution is -2.36. The lowest BCUT2D eigenvalue weighted by atomic mass is 9.87. The van der Waals surface area contributed by atoms with E-state index in [0.29, 0.717) is 11.3 Å². The molecule has 1 aliphatic carbocycles. The van der Waals surface area contributed by atoms with E-state index in [-0.39, 0.29) is 18.4 Å². The van der Waals surface area contributed by atoms with Gasteiger partial charge in [0.05, 0.1) is 12.5 Å². The standard InChI is InChI=1S/C18H21N3O3/c1-11-14(17(23)20-18(24)19-11)10-16(22)21(2)15-9-5-7-12-6-3-4-8-13(12)15/h3-4,6,8,15H,5,7,9-10H2,1-2H3,(H2,19,20,23,24). The van der Waals surface area contributed by atoms with Gasteiger partial charge in [0.25, 0.3) is 5.56 Å². The van der Waals surface area contributed by atoms with Gasteiger partial charge in [0.1, 0.15) is 0 Å².